The summed E-state index contributed by atoms with van der Waals surface area (Å²) in [4.78, 5) is 12.7. The summed E-state index contributed by atoms with van der Waals surface area (Å²) in [5.74, 6) is -1.00. The zero-order valence-corrected chi connectivity index (χ0v) is 12.1. The van der Waals surface area contributed by atoms with Gasteiger partial charge in [-0.15, -0.1) is 0 Å². The van der Waals surface area contributed by atoms with E-state index in [0.717, 1.165) is 11.1 Å². The lowest BCUT2D eigenvalue weighted by Crippen LogP contribution is -2.14. The van der Waals surface area contributed by atoms with Crippen molar-refractivity contribution in [3.8, 4) is 6.07 Å². The number of Topliss-reactive ketones (excluding diaryl/α,β-unsaturated/α-hetero) is 1. The minimum atomic E-state index is -0.825. The highest BCUT2D eigenvalue weighted by Gasteiger charge is 2.24. The van der Waals surface area contributed by atoms with Crippen molar-refractivity contribution in [3.05, 3.63) is 69.7 Å². The lowest BCUT2D eigenvalue weighted by Gasteiger charge is -2.13. The molecular weight excluding hydrogens is 270 g/mol. The summed E-state index contributed by atoms with van der Waals surface area (Å²) >= 11 is 5.94. The second-order valence-corrected chi connectivity index (χ2v) is 5.18. The lowest BCUT2D eigenvalue weighted by molar-refractivity contribution is 0.0977. The Labute approximate surface area is 123 Å². The van der Waals surface area contributed by atoms with Crippen molar-refractivity contribution in [3.63, 3.8) is 0 Å². The van der Waals surface area contributed by atoms with Crippen molar-refractivity contribution in [2.45, 2.75) is 19.8 Å². The summed E-state index contributed by atoms with van der Waals surface area (Å²) in [6.07, 6.45) is 0. The van der Waals surface area contributed by atoms with Gasteiger partial charge in [0.05, 0.1) is 6.07 Å². The summed E-state index contributed by atoms with van der Waals surface area (Å²) in [7, 11) is 0. The second-order valence-electron chi connectivity index (χ2n) is 4.75. The second kappa shape index (κ2) is 5.90. The van der Waals surface area contributed by atoms with Gasteiger partial charge in [0.15, 0.2) is 5.78 Å². The molecule has 2 aromatic carbocycles. The number of benzene rings is 2. The number of halogens is 1. The number of aryl methyl sites for hydroxylation is 2. The molecule has 0 aliphatic heterocycles. The molecule has 0 amide bonds. The third kappa shape index (κ3) is 2.74. The number of nitrogens with zero attached hydrogens (tertiary/aromatic N) is 1. The van der Waals surface area contributed by atoms with Crippen LogP contribution in [0.4, 0.5) is 0 Å². The van der Waals surface area contributed by atoms with Gasteiger partial charge < -0.3 is 0 Å². The number of rotatable bonds is 3. The van der Waals surface area contributed by atoms with Crippen LogP contribution in [0.15, 0.2) is 42.5 Å². The van der Waals surface area contributed by atoms with Crippen LogP contribution in [0.25, 0.3) is 0 Å². The average molecular weight is 284 g/mol. The highest BCUT2D eigenvalue weighted by Crippen LogP contribution is 2.26. The monoisotopic (exact) mass is 283 g/mol. The molecule has 0 bridgehead atoms. The van der Waals surface area contributed by atoms with Crippen LogP contribution in [0.5, 0.6) is 0 Å². The first-order valence-electron chi connectivity index (χ1n) is 6.30. The maximum Gasteiger partial charge on any atom is 0.184 e. The Bertz CT molecular complexity index is 680. The molecule has 1 atom stereocenters. The fraction of sp³-hybridized carbons (Fsp3) is 0.176. The van der Waals surface area contributed by atoms with Crippen LogP contribution in [0, 0.1) is 25.2 Å². The van der Waals surface area contributed by atoms with Crippen LogP contribution in [-0.2, 0) is 0 Å². The molecule has 0 saturated heterocycles. The maximum absolute atomic E-state index is 12.7. The molecule has 0 heterocycles. The zero-order valence-electron chi connectivity index (χ0n) is 11.4. The Kier molecular flexibility index (Phi) is 4.22. The fourth-order valence-corrected chi connectivity index (χ4v) is 2.52. The third-order valence-electron chi connectivity index (χ3n) is 3.30. The average Bonchev–Trinajstić information content (AvgIpc) is 2.39. The quantitative estimate of drug-likeness (QED) is 0.781. The summed E-state index contributed by atoms with van der Waals surface area (Å²) in [5, 5.41) is 9.90. The van der Waals surface area contributed by atoms with Crippen molar-refractivity contribution in [1.82, 2.24) is 0 Å². The van der Waals surface area contributed by atoms with Gasteiger partial charge in [-0.05, 0) is 42.7 Å². The van der Waals surface area contributed by atoms with Crippen LogP contribution in [0.1, 0.15) is 33.0 Å². The first-order valence-corrected chi connectivity index (χ1v) is 6.68. The van der Waals surface area contributed by atoms with Crippen LogP contribution < -0.4 is 0 Å². The Hall–Kier alpha value is -2.11. The van der Waals surface area contributed by atoms with Gasteiger partial charge >= 0.3 is 0 Å². The maximum atomic E-state index is 12.7. The molecular formula is C17H14ClNO. The Morgan fingerprint density at radius 3 is 2.30 bits per heavy atom. The molecule has 3 heteroatoms. The predicted octanol–water partition coefficient (Wildman–Crippen LogP) is 4.45. The molecule has 20 heavy (non-hydrogen) atoms. The first kappa shape index (κ1) is 14.3. The summed E-state index contributed by atoms with van der Waals surface area (Å²) < 4.78 is 0. The number of ketones is 1. The summed E-state index contributed by atoms with van der Waals surface area (Å²) in [5.41, 5.74) is 3.03. The molecule has 0 aliphatic rings. The van der Waals surface area contributed by atoms with Gasteiger partial charge in [-0.1, -0.05) is 41.9 Å². The predicted molar refractivity (Wildman–Crippen MR) is 80.1 cm³/mol. The number of nitriles is 1. The number of hydrogen-bond acceptors (Lipinski definition) is 2. The Balaban J connectivity index is 2.48. The minimum absolute atomic E-state index is 0.176. The molecule has 100 valence electrons. The highest BCUT2D eigenvalue weighted by atomic mass is 35.5. The van der Waals surface area contributed by atoms with Gasteiger partial charge in [0.25, 0.3) is 0 Å². The van der Waals surface area contributed by atoms with Crippen molar-refractivity contribution in [1.29, 1.82) is 5.26 Å². The van der Waals surface area contributed by atoms with Gasteiger partial charge in [-0.2, -0.15) is 5.26 Å². The first-order chi connectivity index (χ1) is 9.54. The molecule has 0 saturated carbocycles. The van der Waals surface area contributed by atoms with E-state index in [1.807, 2.05) is 32.0 Å². The molecule has 0 aliphatic carbocycles. The van der Waals surface area contributed by atoms with E-state index < -0.39 is 5.92 Å². The largest absolute Gasteiger partial charge is 0.292 e. The topological polar surface area (TPSA) is 40.9 Å². The van der Waals surface area contributed by atoms with Gasteiger partial charge in [0, 0.05) is 10.6 Å². The minimum Gasteiger partial charge on any atom is -0.292 e. The van der Waals surface area contributed by atoms with Crippen molar-refractivity contribution >= 4 is 17.4 Å². The molecule has 0 spiro atoms. The standard InChI is InChI=1S/C17H14ClNO/c1-11-5-3-6-12(2)16(11)17(20)15(10-19)13-7-4-8-14(18)9-13/h3-9,15H,1-2H3. The molecule has 2 aromatic rings. The lowest BCUT2D eigenvalue weighted by atomic mass is 9.88. The van der Waals surface area contributed by atoms with E-state index in [4.69, 9.17) is 11.6 Å². The highest BCUT2D eigenvalue weighted by molar-refractivity contribution is 6.30. The van der Waals surface area contributed by atoms with Gasteiger partial charge in [0.1, 0.15) is 5.92 Å². The normalized spacial score (nSPS) is 11.7. The van der Waals surface area contributed by atoms with Crippen LogP contribution in [0.3, 0.4) is 0 Å². The fourth-order valence-electron chi connectivity index (χ4n) is 2.32. The molecule has 2 nitrogen and oxygen atoms in total. The molecule has 0 N–H and O–H groups in total. The van der Waals surface area contributed by atoms with Gasteiger partial charge in [-0.3, -0.25) is 4.79 Å². The van der Waals surface area contributed by atoms with Crippen molar-refractivity contribution < 1.29 is 4.79 Å². The van der Waals surface area contributed by atoms with E-state index in [0.29, 0.717) is 16.1 Å². The molecule has 2 rings (SSSR count). The Morgan fingerprint density at radius 2 is 1.75 bits per heavy atom. The van der Waals surface area contributed by atoms with E-state index >= 15 is 0 Å². The van der Waals surface area contributed by atoms with E-state index in [-0.39, 0.29) is 5.78 Å². The Morgan fingerprint density at radius 1 is 1.15 bits per heavy atom. The van der Waals surface area contributed by atoms with Gasteiger partial charge in [0.2, 0.25) is 0 Å². The zero-order chi connectivity index (χ0) is 14.7. The van der Waals surface area contributed by atoms with E-state index in [1.54, 1.807) is 24.3 Å². The van der Waals surface area contributed by atoms with Crippen LogP contribution in [0.2, 0.25) is 5.02 Å². The number of carbonyl (C=O) groups excluding carboxylic acids is 1. The SMILES string of the molecule is Cc1cccc(C)c1C(=O)C(C#N)c1cccc(Cl)c1. The van der Waals surface area contributed by atoms with Gasteiger partial charge in [-0.25, -0.2) is 0 Å². The van der Waals surface area contributed by atoms with Crippen LogP contribution >= 0.6 is 11.6 Å². The number of carbonyl (C=O) groups is 1. The number of hydrogen-bond donors (Lipinski definition) is 0. The van der Waals surface area contributed by atoms with Crippen molar-refractivity contribution in [2.75, 3.05) is 0 Å². The molecule has 1 unspecified atom stereocenters. The molecule has 0 radical (unpaired) electrons. The van der Waals surface area contributed by atoms with Crippen LogP contribution in [-0.4, -0.2) is 5.78 Å². The molecule has 0 aromatic heterocycles. The third-order valence-corrected chi connectivity index (χ3v) is 3.54. The smallest absolute Gasteiger partial charge is 0.184 e. The summed E-state index contributed by atoms with van der Waals surface area (Å²) in [6, 6.07) is 14.7. The molecule has 0 fully saturated rings. The van der Waals surface area contributed by atoms with Crippen molar-refractivity contribution in [2.24, 2.45) is 0 Å². The van der Waals surface area contributed by atoms with E-state index in [9.17, 15) is 10.1 Å². The summed E-state index contributed by atoms with van der Waals surface area (Å²) in [6.45, 7) is 3.76. The van der Waals surface area contributed by atoms with E-state index in [1.165, 1.54) is 0 Å². The van der Waals surface area contributed by atoms with E-state index in [2.05, 4.69) is 6.07 Å².